The predicted molar refractivity (Wildman–Crippen MR) is 109 cm³/mol. The van der Waals surface area contributed by atoms with Crippen LogP contribution in [-0.4, -0.2) is 39.1 Å². The van der Waals surface area contributed by atoms with E-state index in [9.17, 15) is 9.59 Å². The molecule has 1 fully saturated rings. The van der Waals surface area contributed by atoms with Gasteiger partial charge in [0, 0.05) is 12.0 Å². The third-order valence-corrected chi connectivity index (χ3v) is 6.14. The monoisotopic (exact) mass is 423 g/mol. The van der Waals surface area contributed by atoms with Crippen molar-refractivity contribution < 1.29 is 33.4 Å². The van der Waals surface area contributed by atoms with Gasteiger partial charge in [0.15, 0.2) is 16.9 Å². The van der Waals surface area contributed by atoms with Gasteiger partial charge >= 0.3 is 11.9 Å². The van der Waals surface area contributed by atoms with Crippen LogP contribution in [0.5, 0.6) is 11.5 Å². The zero-order chi connectivity index (χ0) is 21.8. The molecular weight excluding hydrogens is 402 g/mol. The molecule has 3 heterocycles. The van der Waals surface area contributed by atoms with Gasteiger partial charge < -0.3 is 18.9 Å². The first-order chi connectivity index (χ1) is 15.0. The van der Waals surface area contributed by atoms with E-state index in [-0.39, 0.29) is 13.2 Å². The van der Waals surface area contributed by atoms with Crippen LogP contribution in [-0.2, 0) is 23.9 Å². The molecule has 0 saturated carbocycles. The number of fused-ring (bicyclic) bond motifs is 5. The van der Waals surface area contributed by atoms with Crippen molar-refractivity contribution in [2.75, 3.05) is 26.1 Å². The fourth-order valence-electron chi connectivity index (χ4n) is 4.67. The van der Waals surface area contributed by atoms with E-state index in [1.54, 1.807) is 23.3 Å². The van der Waals surface area contributed by atoms with E-state index in [2.05, 4.69) is 6.58 Å². The number of methoxy groups -OCH3 is 2. The van der Waals surface area contributed by atoms with E-state index < -0.39 is 29.5 Å². The number of rotatable bonds is 3. The van der Waals surface area contributed by atoms with Gasteiger partial charge in [-0.3, -0.25) is 14.4 Å². The van der Waals surface area contributed by atoms with Gasteiger partial charge in [-0.25, -0.2) is 5.06 Å². The van der Waals surface area contributed by atoms with Crippen LogP contribution in [0.25, 0.3) is 5.57 Å². The Morgan fingerprint density at radius 2 is 1.77 bits per heavy atom. The minimum absolute atomic E-state index is 0.0229. The molecule has 1 saturated heterocycles. The quantitative estimate of drug-likeness (QED) is 0.550. The van der Waals surface area contributed by atoms with Crippen LogP contribution < -0.4 is 14.5 Å². The summed E-state index contributed by atoms with van der Waals surface area (Å²) in [6.45, 7) is 4.27. The highest BCUT2D eigenvalue weighted by atomic mass is 16.7. The number of anilines is 1. The van der Waals surface area contributed by atoms with E-state index in [1.807, 2.05) is 24.3 Å². The van der Waals surface area contributed by atoms with Gasteiger partial charge in [0.05, 0.1) is 19.9 Å². The number of hydrogen-bond donors (Lipinski definition) is 0. The molecule has 0 aromatic heterocycles. The maximum absolute atomic E-state index is 13.3. The summed E-state index contributed by atoms with van der Waals surface area (Å²) in [6.07, 6.45) is -0.576. The van der Waals surface area contributed by atoms with Crippen LogP contribution in [0.4, 0.5) is 5.69 Å². The molecule has 2 aromatic rings. The Hall–Kier alpha value is -3.52. The van der Waals surface area contributed by atoms with E-state index in [4.69, 9.17) is 23.8 Å². The molecule has 0 aliphatic carbocycles. The SMILES string of the molecule is C=C1c2ccccc2N2OC1CC(C(=O)OC)(C(=O)OC)C2c1ccc2c(c1)OCO2. The number of hydroxylamine groups is 1. The molecule has 0 spiro atoms. The maximum atomic E-state index is 13.3. The first kappa shape index (κ1) is 19.4. The first-order valence-electron chi connectivity index (χ1n) is 9.82. The average molecular weight is 423 g/mol. The summed E-state index contributed by atoms with van der Waals surface area (Å²) in [5.74, 6) is -0.287. The molecule has 0 N–H and O–H groups in total. The van der Waals surface area contributed by atoms with Crippen molar-refractivity contribution in [1.29, 1.82) is 0 Å². The van der Waals surface area contributed by atoms with E-state index in [0.717, 1.165) is 5.56 Å². The third kappa shape index (κ3) is 2.64. The van der Waals surface area contributed by atoms with Crippen molar-refractivity contribution in [2.45, 2.75) is 18.6 Å². The highest BCUT2D eigenvalue weighted by Gasteiger charge is 2.63. The summed E-state index contributed by atoms with van der Waals surface area (Å²) in [7, 11) is 2.51. The second-order valence-corrected chi connectivity index (χ2v) is 7.64. The second-order valence-electron chi connectivity index (χ2n) is 7.64. The van der Waals surface area contributed by atoms with Crippen molar-refractivity contribution >= 4 is 23.2 Å². The molecule has 3 aliphatic rings. The van der Waals surface area contributed by atoms with Crippen LogP contribution in [0.1, 0.15) is 23.6 Å². The molecule has 0 radical (unpaired) electrons. The Morgan fingerprint density at radius 1 is 1.06 bits per heavy atom. The van der Waals surface area contributed by atoms with Crippen LogP contribution in [0.3, 0.4) is 0 Å². The molecule has 3 aliphatic heterocycles. The van der Waals surface area contributed by atoms with Crippen LogP contribution in [0.15, 0.2) is 49.0 Å². The largest absolute Gasteiger partial charge is 0.468 e. The molecule has 0 amide bonds. The second kappa shape index (κ2) is 7.02. The standard InChI is InChI=1S/C23H21NO7/c1-13-15-6-4-5-7-16(15)24-20(14-8-9-17-18(10-14)30-12-29-17)23(21(25)27-2,22(26)28-3)11-19(13)31-24/h4-10,19-20H,1,11-12H2,2-3H3. The van der Waals surface area contributed by atoms with Crippen molar-refractivity contribution in [1.82, 2.24) is 0 Å². The number of hydrogen-bond acceptors (Lipinski definition) is 8. The highest BCUT2D eigenvalue weighted by molar-refractivity contribution is 6.03. The summed E-state index contributed by atoms with van der Waals surface area (Å²) in [5, 5.41) is 1.60. The number of para-hydroxylation sites is 1. The summed E-state index contributed by atoms with van der Waals surface area (Å²) in [4.78, 5) is 32.8. The Bertz CT molecular complexity index is 1080. The zero-order valence-corrected chi connectivity index (χ0v) is 17.1. The van der Waals surface area contributed by atoms with Gasteiger partial charge in [0.25, 0.3) is 0 Å². The van der Waals surface area contributed by atoms with Gasteiger partial charge in [-0.05, 0) is 29.3 Å². The van der Waals surface area contributed by atoms with E-state index in [1.165, 1.54) is 14.2 Å². The first-order valence-corrected chi connectivity index (χ1v) is 9.82. The molecule has 8 nitrogen and oxygen atoms in total. The van der Waals surface area contributed by atoms with Crippen LogP contribution in [0.2, 0.25) is 0 Å². The highest BCUT2D eigenvalue weighted by Crippen LogP contribution is 2.56. The Balaban J connectivity index is 1.77. The van der Waals surface area contributed by atoms with Gasteiger partial charge in [-0.1, -0.05) is 30.8 Å². The Morgan fingerprint density at radius 3 is 2.52 bits per heavy atom. The summed E-state index contributed by atoms with van der Waals surface area (Å²) < 4.78 is 21.2. The molecule has 31 heavy (non-hydrogen) atoms. The number of carbonyl (C=O) groups is 2. The van der Waals surface area contributed by atoms with Gasteiger partial charge in [-0.2, -0.15) is 0 Å². The maximum Gasteiger partial charge on any atom is 0.325 e. The summed E-state index contributed by atoms with van der Waals surface area (Å²) in [6, 6.07) is 12.0. The lowest BCUT2D eigenvalue weighted by atomic mass is 9.69. The third-order valence-electron chi connectivity index (χ3n) is 6.14. The Kier molecular flexibility index (Phi) is 4.40. The lowest BCUT2D eigenvalue weighted by molar-refractivity contribution is -0.183. The molecule has 2 atom stereocenters. The van der Waals surface area contributed by atoms with E-state index in [0.29, 0.717) is 28.3 Å². The fraction of sp³-hybridized carbons (Fsp3) is 0.304. The summed E-state index contributed by atoms with van der Waals surface area (Å²) in [5.41, 5.74) is 1.22. The number of ether oxygens (including phenoxy) is 4. The van der Waals surface area contributed by atoms with Crippen molar-refractivity contribution in [3.05, 3.63) is 60.2 Å². The molecular formula is C23H21NO7. The number of benzene rings is 2. The lowest BCUT2D eigenvalue weighted by Gasteiger charge is -2.52. The topological polar surface area (TPSA) is 83.5 Å². The summed E-state index contributed by atoms with van der Waals surface area (Å²) >= 11 is 0. The van der Waals surface area contributed by atoms with Crippen LogP contribution in [0, 0.1) is 5.41 Å². The van der Waals surface area contributed by atoms with Crippen molar-refractivity contribution in [2.24, 2.45) is 5.41 Å². The molecule has 2 bridgehead atoms. The van der Waals surface area contributed by atoms with Gasteiger partial charge in [-0.15, -0.1) is 0 Å². The number of carbonyl (C=O) groups excluding carboxylic acids is 2. The lowest BCUT2D eigenvalue weighted by Crippen LogP contribution is -2.60. The molecule has 8 heteroatoms. The van der Waals surface area contributed by atoms with Gasteiger partial charge in [0.2, 0.25) is 6.79 Å². The fourth-order valence-corrected chi connectivity index (χ4v) is 4.67. The average Bonchev–Trinajstić information content (AvgIpc) is 3.28. The zero-order valence-electron chi connectivity index (χ0n) is 17.1. The predicted octanol–water partition coefficient (Wildman–Crippen LogP) is 3.03. The molecule has 5 rings (SSSR count). The normalized spacial score (nSPS) is 22.5. The van der Waals surface area contributed by atoms with Gasteiger partial charge in [0.1, 0.15) is 12.1 Å². The van der Waals surface area contributed by atoms with Crippen molar-refractivity contribution in [3.8, 4) is 11.5 Å². The van der Waals surface area contributed by atoms with Crippen LogP contribution >= 0.6 is 0 Å². The van der Waals surface area contributed by atoms with E-state index >= 15 is 0 Å². The molecule has 2 aromatic carbocycles. The molecule has 2 unspecified atom stereocenters. The van der Waals surface area contributed by atoms with Crippen molar-refractivity contribution in [3.63, 3.8) is 0 Å². The minimum Gasteiger partial charge on any atom is -0.468 e. The Labute approximate surface area is 178 Å². The molecule has 160 valence electrons. The number of nitrogens with zero attached hydrogens (tertiary/aromatic N) is 1. The smallest absolute Gasteiger partial charge is 0.325 e. The minimum atomic E-state index is -1.68. The number of esters is 2.